The van der Waals surface area contributed by atoms with Crippen LogP contribution in [0.2, 0.25) is 0 Å². The van der Waals surface area contributed by atoms with Crippen molar-refractivity contribution in [1.82, 2.24) is 10.6 Å². The van der Waals surface area contributed by atoms with Crippen molar-refractivity contribution in [2.75, 3.05) is 19.8 Å². The first-order valence-electron chi connectivity index (χ1n) is 7.01. The molecule has 0 fully saturated rings. The first-order chi connectivity index (χ1) is 10.2. The van der Waals surface area contributed by atoms with E-state index in [1.807, 2.05) is 0 Å². The highest BCUT2D eigenvalue weighted by Crippen LogP contribution is 2.06. The minimum atomic E-state index is -1.11. The lowest BCUT2D eigenvalue weighted by Gasteiger charge is -2.27. The average Bonchev–Trinajstić information content (AvgIpc) is 2.46. The molecule has 0 heterocycles. The third kappa shape index (κ3) is 7.66. The van der Waals surface area contributed by atoms with E-state index in [9.17, 15) is 19.8 Å². The van der Waals surface area contributed by atoms with Gasteiger partial charge in [0.2, 0.25) is 11.8 Å². The molecule has 2 amide bonds. The van der Waals surface area contributed by atoms with E-state index >= 15 is 0 Å². The van der Waals surface area contributed by atoms with Crippen molar-refractivity contribution in [3.8, 4) is 0 Å². The zero-order chi connectivity index (χ0) is 17.3. The Morgan fingerprint density at radius 3 is 2.14 bits per heavy atom. The Hall–Kier alpha value is -1.26. The Morgan fingerprint density at radius 2 is 1.73 bits per heavy atom. The van der Waals surface area contributed by atoms with Crippen LogP contribution >= 0.6 is 0 Å². The molecule has 0 aromatic rings. The predicted molar refractivity (Wildman–Crippen MR) is 76.8 cm³/mol. The van der Waals surface area contributed by atoms with Crippen molar-refractivity contribution >= 4 is 11.8 Å². The Bertz CT molecular complexity index is 351. The highest BCUT2D eigenvalue weighted by Gasteiger charge is 2.25. The lowest BCUT2D eigenvalue weighted by molar-refractivity contribution is -0.132. The summed E-state index contributed by atoms with van der Waals surface area (Å²) in [4.78, 5) is 22.7. The molecule has 0 saturated heterocycles. The Morgan fingerprint density at radius 1 is 1.14 bits per heavy atom. The SMILES string of the molecule is CC(=O)NC(CO)C(=O)NCC(OC(C)[C@@H](O)CO)[C@@H](C)O. The standard InChI is InChI=1S/C13H26N2O7/c1-7(18)12(22-8(2)11(20)6-17)4-14-13(21)10(5-16)15-9(3)19/h7-8,10-12,16-18,20H,4-6H2,1-3H3,(H,14,21)(H,15,19)/t7-,8?,10?,11+,12?/m1/s1. The van der Waals surface area contributed by atoms with Crippen molar-refractivity contribution in [3.63, 3.8) is 0 Å². The van der Waals surface area contributed by atoms with Crippen molar-refractivity contribution in [1.29, 1.82) is 0 Å². The van der Waals surface area contributed by atoms with E-state index in [0.717, 1.165) is 0 Å². The molecule has 130 valence electrons. The monoisotopic (exact) mass is 322 g/mol. The first-order valence-corrected chi connectivity index (χ1v) is 7.01. The maximum Gasteiger partial charge on any atom is 0.245 e. The summed E-state index contributed by atoms with van der Waals surface area (Å²) in [5.74, 6) is -1.08. The summed E-state index contributed by atoms with van der Waals surface area (Å²) in [7, 11) is 0. The molecule has 0 spiro atoms. The molecule has 0 rings (SSSR count). The second-order valence-corrected chi connectivity index (χ2v) is 5.05. The molecule has 0 bridgehead atoms. The van der Waals surface area contributed by atoms with E-state index in [-0.39, 0.29) is 6.54 Å². The lowest BCUT2D eigenvalue weighted by atomic mass is 10.2. The van der Waals surface area contributed by atoms with Gasteiger partial charge in [0.15, 0.2) is 0 Å². The van der Waals surface area contributed by atoms with E-state index in [4.69, 9.17) is 14.9 Å². The van der Waals surface area contributed by atoms with E-state index in [0.29, 0.717) is 0 Å². The second kappa shape index (κ2) is 10.5. The zero-order valence-corrected chi connectivity index (χ0v) is 13.0. The van der Waals surface area contributed by atoms with Crippen LogP contribution in [0.3, 0.4) is 0 Å². The molecular weight excluding hydrogens is 296 g/mol. The number of amides is 2. The molecular formula is C13H26N2O7. The summed E-state index contributed by atoms with van der Waals surface area (Å²) < 4.78 is 5.38. The lowest BCUT2D eigenvalue weighted by Crippen LogP contribution is -2.51. The number of rotatable bonds is 10. The summed E-state index contributed by atoms with van der Waals surface area (Å²) in [6, 6.07) is -1.09. The van der Waals surface area contributed by atoms with E-state index in [1.54, 1.807) is 0 Å². The fourth-order valence-corrected chi connectivity index (χ4v) is 1.61. The van der Waals surface area contributed by atoms with Crippen LogP contribution in [0.15, 0.2) is 0 Å². The predicted octanol–water partition coefficient (Wildman–Crippen LogP) is -2.89. The van der Waals surface area contributed by atoms with Crippen molar-refractivity contribution < 1.29 is 34.8 Å². The number of aliphatic hydroxyl groups excluding tert-OH is 4. The van der Waals surface area contributed by atoms with Gasteiger partial charge in [-0.3, -0.25) is 9.59 Å². The van der Waals surface area contributed by atoms with Gasteiger partial charge in [0.25, 0.3) is 0 Å². The molecule has 9 nitrogen and oxygen atoms in total. The van der Waals surface area contributed by atoms with Gasteiger partial charge in [-0.1, -0.05) is 0 Å². The van der Waals surface area contributed by atoms with Gasteiger partial charge in [-0.2, -0.15) is 0 Å². The maximum atomic E-state index is 11.8. The topological polar surface area (TPSA) is 148 Å². The van der Waals surface area contributed by atoms with Crippen LogP contribution in [0.1, 0.15) is 20.8 Å². The van der Waals surface area contributed by atoms with Gasteiger partial charge in [0, 0.05) is 13.5 Å². The van der Waals surface area contributed by atoms with E-state index < -0.39 is 55.5 Å². The Kier molecular flexibility index (Phi) is 9.86. The van der Waals surface area contributed by atoms with Gasteiger partial charge in [-0.25, -0.2) is 0 Å². The Balaban J connectivity index is 4.51. The normalized spacial score (nSPS) is 18.0. The van der Waals surface area contributed by atoms with Crippen molar-refractivity contribution in [2.24, 2.45) is 0 Å². The van der Waals surface area contributed by atoms with E-state index in [2.05, 4.69) is 10.6 Å². The maximum absolute atomic E-state index is 11.8. The minimum absolute atomic E-state index is 0.0882. The molecule has 6 N–H and O–H groups in total. The van der Waals surface area contributed by atoms with Gasteiger partial charge in [0.05, 0.1) is 25.4 Å². The fraction of sp³-hybridized carbons (Fsp3) is 0.846. The smallest absolute Gasteiger partial charge is 0.245 e. The molecule has 0 aromatic heterocycles. The average molecular weight is 322 g/mol. The number of ether oxygens (including phenoxy) is 1. The minimum Gasteiger partial charge on any atom is -0.394 e. The van der Waals surface area contributed by atoms with Crippen LogP contribution in [0.25, 0.3) is 0 Å². The van der Waals surface area contributed by atoms with Crippen LogP contribution in [-0.2, 0) is 14.3 Å². The molecule has 0 aromatic carbocycles. The molecule has 22 heavy (non-hydrogen) atoms. The number of carbonyl (C=O) groups excluding carboxylic acids is 2. The molecule has 0 aliphatic rings. The molecule has 0 aliphatic heterocycles. The van der Waals surface area contributed by atoms with Crippen molar-refractivity contribution in [2.45, 2.75) is 51.2 Å². The van der Waals surface area contributed by atoms with Crippen LogP contribution in [0.4, 0.5) is 0 Å². The molecule has 0 radical (unpaired) electrons. The van der Waals surface area contributed by atoms with Crippen LogP contribution in [-0.4, -0.2) is 82.5 Å². The fourth-order valence-electron chi connectivity index (χ4n) is 1.61. The van der Waals surface area contributed by atoms with Crippen LogP contribution in [0.5, 0.6) is 0 Å². The number of carbonyl (C=O) groups is 2. The Labute approximate surface area is 129 Å². The highest BCUT2D eigenvalue weighted by molar-refractivity contribution is 5.86. The van der Waals surface area contributed by atoms with E-state index in [1.165, 1.54) is 20.8 Å². The molecule has 5 atom stereocenters. The summed E-state index contributed by atoms with van der Waals surface area (Å²) in [6.45, 7) is 3.04. The molecule has 3 unspecified atom stereocenters. The largest absolute Gasteiger partial charge is 0.394 e. The second-order valence-electron chi connectivity index (χ2n) is 5.05. The van der Waals surface area contributed by atoms with Gasteiger partial charge in [0.1, 0.15) is 18.2 Å². The number of hydrogen-bond donors (Lipinski definition) is 6. The number of hydrogen-bond acceptors (Lipinski definition) is 7. The van der Waals surface area contributed by atoms with Gasteiger partial charge < -0.3 is 35.8 Å². The summed E-state index contributed by atoms with van der Waals surface area (Å²) in [5.41, 5.74) is 0. The quantitative estimate of drug-likeness (QED) is 0.253. The van der Waals surface area contributed by atoms with Gasteiger partial charge in [-0.05, 0) is 13.8 Å². The third-order valence-corrected chi connectivity index (χ3v) is 3.01. The molecule has 0 saturated carbocycles. The van der Waals surface area contributed by atoms with Crippen LogP contribution < -0.4 is 10.6 Å². The molecule has 9 heteroatoms. The van der Waals surface area contributed by atoms with Crippen LogP contribution in [0, 0.1) is 0 Å². The summed E-state index contributed by atoms with van der Waals surface area (Å²) in [6.07, 6.45) is -3.62. The summed E-state index contributed by atoms with van der Waals surface area (Å²) in [5, 5.41) is 41.7. The third-order valence-electron chi connectivity index (χ3n) is 3.01. The van der Waals surface area contributed by atoms with Gasteiger partial charge in [-0.15, -0.1) is 0 Å². The van der Waals surface area contributed by atoms with Crippen molar-refractivity contribution in [3.05, 3.63) is 0 Å². The van der Waals surface area contributed by atoms with Gasteiger partial charge >= 0.3 is 0 Å². The number of aliphatic hydroxyl groups is 4. The first kappa shape index (κ1) is 20.7. The zero-order valence-electron chi connectivity index (χ0n) is 13.0. The molecule has 0 aliphatic carbocycles. The summed E-state index contributed by atoms with van der Waals surface area (Å²) >= 11 is 0. The highest BCUT2D eigenvalue weighted by atomic mass is 16.5. The number of nitrogens with one attached hydrogen (secondary N) is 2.